The fourth-order valence-electron chi connectivity index (χ4n) is 1.35. The summed E-state index contributed by atoms with van der Waals surface area (Å²) in [5.74, 6) is 0. The standard InChI is InChI=1S/C7H11N3.2ClH/c1-10-3-2-6-7(4-10)9-5-8-6;;/h5H,2-4H2,1H3,(H,8,9);2*1H. The van der Waals surface area contributed by atoms with E-state index < -0.39 is 0 Å². The number of likely N-dealkylation sites (N-methyl/N-ethyl adjacent to an activating group) is 1. The predicted octanol–water partition coefficient (Wildman–Crippen LogP) is 1.24. The predicted molar refractivity (Wildman–Crippen MR) is 53.1 cm³/mol. The molecular formula is C7H13Cl2N3. The molecule has 1 aromatic rings. The van der Waals surface area contributed by atoms with Gasteiger partial charge in [-0.1, -0.05) is 0 Å². The van der Waals surface area contributed by atoms with Crippen molar-refractivity contribution in [2.45, 2.75) is 13.0 Å². The fraction of sp³-hybridized carbons (Fsp3) is 0.571. The molecule has 12 heavy (non-hydrogen) atoms. The molecule has 1 aromatic heterocycles. The SMILES string of the molecule is CN1CCc2nc[nH]c2C1.Cl.Cl. The van der Waals surface area contributed by atoms with Crippen LogP contribution in [0.5, 0.6) is 0 Å². The van der Waals surface area contributed by atoms with Crippen molar-refractivity contribution in [2.24, 2.45) is 0 Å². The highest BCUT2D eigenvalue weighted by molar-refractivity contribution is 5.85. The summed E-state index contributed by atoms with van der Waals surface area (Å²) in [5, 5.41) is 0. The third kappa shape index (κ3) is 2.12. The van der Waals surface area contributed by atoms with Crippen LogP contribution in [0.3, 0.4) is 0 Å². The average Bonchev–Trinajstić information content (AvgIpc) is 2.33. The Morgan fingerprint density at radius 1 is 1.50 bits per heavy atom. The van der Waals surface area contributed by atoms with Crippen LogP contribution in [0.1, 0.15) is 11.4 Å². The van der Waals surface area contributed by atoms with Crippen molar-refractivity contribution in [1.29, 1.82) is 0 Å². The minimum Gasteiger partial charge on any atom is -0.347 e. The lowest BCUT2D eigenvalue weighted by Gasteiger charge is -2.20. The van der Waals surface area contributed by atoms with E-state index in [0.717, 1.165) is 19.5 Å². The van der Waals surface area contributed by atoms with E-state index in [2.05, 4.69) is 21.9 Å². The van der Waals surface area contributed by atoms with Crippen molar-refractivity contribution >= 4 is 24.8 Å². The molecule has 0 radical (unpaired) electrons. The van der Waals surface area contributed by atoms with Gasteiger partial charge >= 0.3 is 0 Å². The molecule has 0 bridgehead atoms. The maximum absolute atomic E-state index is 4.21. The molecule has 0 amide bonds. The summed E-state index contributed by atoms with van der Waals surface area (Å²) in [6, 6.07) is 0. The van der Waals surface area contributed by atoms with Gasteiger partial charge in [-0.15, -0.1) is 24.8 Å². The number of halogens is 2. The first-order chi connectivity index (χ1) is 4.86. The van der Waals surface area contributed by atoms with Gasteiger partial charge < -0.3 is 9.88 Å². The molecule has 1 aliphatic heterocycles. The van der Waals surface area contributed by atoms with Crippen LogP contribution in [0, 0.1) is 0 Å². The summed E-state index contributed by atoms with van der Waals surface area (Å²) < 4.78 is 0. The van der Waals surface area contributed by atoms with Crippen molar-refractivity contribution in [1.82, 2.24) is 14.9 Å². The van der Waals surface area contributed by atoms with Crippen molar-refractivity contribution in [3.63, 3.8) is 0 Å². The van der Waals surface area contributed by atoms with Crippen molar-refractivity contribution < 1.29 is 0 Å². The largest absolute Gasteiger partial charge is 0.347 e. The van der Waals surface area contributed by atoms with Gasteiger partial charge in [0.2, 0.25) is 0 Å². The van der Waals surface area contributed by atoms with Crippen molar-refractivity contribution in [2.75, 3.05) is 13.6 Å². The van der Waals surface area contributed by atoms with E-state index in [1.165, 1.54) is 11.4 Å². The van der Waals surface area contributed by atoms with Crippen LogP contribution in [-0.2, 0) is 13.0 Å². The summed E-state index contributed by atoms with van der Waals surface area (Å²) in [6.07, 6.45) is 2.87. The smallest absolute Gasteiger partial charge is 0.0925 e. The van der Waals surface area contributed by atoms with Gasteiger partial charge in [-0.2, -0.15) is 0 Å². The molecule has 70 valence electrons. The van der Waals surface area contributed by atoms with Crippen LogP contribution >= 0.6 is 24.8 Å². The molecule has 0 saturated carbocycles. The lowest BCUT2D eigenvalue weighted by Crippen LogP contribution is -2.26. The third-order valence-electron chi connectivity index (χ3n) is 1.97. The maximum atomic E-state index is 4.21. The van der Waals surface area contributed by atoms with Crippen LogP contribution in [-0.4, -0.2) is 28.5 Å². The number of imidazole rings is 1. The number of hydrogen-bond donors (Lipinski definition) is 1. The Morgan fingerprint density at radius 2 is 2.25 bits per heavy atom. The summed E-state index contributed by atoms with van der Waals surface area (Å²) in [7, 11) is 2.13. The zero-order chi connectivity index (χ0) is 6.97. The lowest BCUT2D eigenvalue weighted by atomic mass is 10.2. The van der Waals surface area contributed by atoms with Gasteiger partial charge in [0.25, 0.3) is 0 Å². The van der Waals surface area contributed by atoms with Crippen LogP contribution in [0.15, 0.2) is 6.33 Å². The van der Waals surface area contributed by atoms with E-state index in [4.69, 9.17) is 0 Å². The lowest BCUT2D eigenvalue weighted by molar-refractivity contribution is 0.307. The highest BCUT2D eigenvalue weighted by Gasteiger charge is 2.13. The first kappa shape index (κ1) is 11.8. The zero-order valence-corrected chi connectivity index (χ0v) is 8.54. The number of rotatable bonds is 0. The first-order valence-electron chi connectivity index (χ1n) is 3.56. The molecule has 3 nitrogen and oxygen atoms in total. The number of aromatic amines is 1. The van der Waals surface area contributed by atoms with Crippen LogP contribution < -0.4 is 0 Å². The Balaban J connectivity index is 0.000000605. The second kappa shape index (κ2) is 4.70. The van der Waals surface area contributed by atoms with Crippen LogP contribution in [0.25, 0.3) is 0 Å². The number of H-pyrrole nitrogens is 1. The normalized spacial score (nSPS) is 15.8. The molecule has 2 heterocycles. The molecule has 0 spiro atoms. The Hall–Kier alpha value is -0.250. The van der Waals surface area contributed by atoms with E-state index >= 15 is 0 Å². The molecule has 0 unspecified atom stereocenters. The number of nitrogens with zero attached hydrogens (tertiary/aromatic N) is 2. The van der Waals surface area contributed by atoms with Crippen LogP contribution in [0.2, 0.25) is 0 Å². The second-order valence-corrected chi connectivity index (χ2v) is 2.82. The van der Waals surface area contributed by atoms with Gasteiger partial charge in [0.05, 0.1) is 17.7 Å². The Bertz CT molecular complexity index is 236. The van der Waals surface area contributed by atoms with Gasteiger partial charge in [0, 0.05) is 19.5 Å². The van der Waals surface area contributed by atoms with E-state index in [0.29, 0.717) is 0 Å². The topological polar surface area (TPSA) is 31.9 Å². The molecule has 0 atom stereocenters. The molecule has 0 aliphatic carbocycles. The zero-order valence-electron chi connectivity index (χ0n) is 6.91. The fourth-order valence-corrected chi connectivity index (χ4v) is 1.35. The minimum atomic E-state index is 0. The second-order valence-electron chi connectivity index (χ2n) is 2.82. The molecule has 0 fully saturated rings. The highest BCUT2D eigenvalue weighted by Crippen LogP contribution is 2.12. The molecule has 0 aromatic carbocycles. The van der Waals surface area contributed by atoms with Crippen molar-refractivity contribution in [3.8, 4) is 0 Å². The van der Waals surface area contributed by atoms with Gasteiger partial charge in [0.15, 0.2) is 0 Å². The van der Waals surface area contributed by atoms with E-state index in [1.54, 1.807) is 6.33 Å². The number of fused-ring (bicyclic) bond motifs is 1. The monoisotopic (exact) mass is 209 g/mol. The van der Waals surface area contributed by atoms with Gasteiger partial charge in [-0.3, -0.25) is 0 Å². The highest BCUT2D eigenvalue weighted by atomic mass is 35.5. The molecule has 2 rings (SSSR count). The van der Waals surface area contributed by atoms with Crippen LogP contribution in [0.4, 0.5) is 0 Å². The number of nitrogens with one attached hydrogen (secondary N) is 1. The van der Waals surface area contributed by atoms with Gasteiger partial charge in [-0.05, 0) is 7.05 Å². The quantitative estimate of drug-likeness (QED) is 0.698. The summed E-state index contributed by atoms with van der Waals surface area (Å²) in [5.41, 5.74) is 2.53. The number of aromatic nitrogens is 2. The maximum Gasteiger partial charge on any atom is 0.0925 e. The van der Waals surface area contributed by atoms with E-state index in [-0.39, 0.29) is 24.8 Å². The molecule has 1 aliphatic rings. The van der Waals surface area contributed by atoms with Gasteiger partial charge in [-0.25, -0.2) is 4.98 Å². The van der Waals surface area contributed by atoms with Crippen molar-refractivity contribution in [3.05, 3.63) is 17.7 Å². The molecular weight excluding hydrogens is 197 g/mol. The molecule has 5 heteroatoms. The molecule has 1 N–H and O–H groups in total. The Kier molecular flexibility index (Phi) is 4.60. The Morgan fingerprint density at radius 3 is 3.00 bits per heavy atom. The Labute approximate surface area is 84.4 Å². The van der Waals surface area contributed by atoms with E-state index in [9.17, 15) is 0 Å². The van der Waals surface area contributed by atoms with E-state index in [1.807, 2.05) is 0 Å². The number of hydrogen-bond acceptors (Lipinski definition) is 2. The summed E-state index contributed by atoms with van der Waals surface area (Å²) >= 11 is 0. The molecule has 0 saturated heterocycles. The summed E-state index contributed by atoms with van der Waals surface area (Å²) in [6.45, 7) is 2.16. The minimum absolute atomic E-state index is 0. The summed E-state index contributed by atoms with van der Waals surface area (Å²) in [4.78, 5) is 9.64. The van der Waals surface area contributed by atoms with Gasteiger partial charge in [0.1, 0.15) is 0 Å². The average molecular weight is 210 g/mol. The first-order valence-corrected chi connectivity index (χ1v) is 3.56. The third-order valence-corrected chi connectivity index (χ3v) is 1.97.